The molecule has 0 radical (unpaired) electrons. The predicted octanol–water partition coefficient (Wildman–Crippen LogP) is 3.78. The van der Waals surface area contributed by atoms with Crippen LogP contribution in [0.2, 0.25) is 0 Å². The van der Waals surface area contributed by atoms with Crippen molar-refractivity contribution in [2.75, 3.05) is 13.7 Å². The van der Waals surface area contributed by atoms with Crippen LogP contribution >= 0.6 is 0 Å². The summed E-state index contributed by atoms with van der Waals surface area (Å²) in [6.45, 7) is 0.555. The van der Waals surface area contributed by atoms with Gasteiger partial charge in [-0.1, -0.05) is 24.3 Å². The van der Waals surface area contributed by atoms with Gasteiger partial charge in [0, 0.05) is 31.6 Å². The molecule has 0 saturated carbocycles. The Hall–Kier alpha value is -2.43. The lowest BCUT2D eigenvalue weighted by Gasteiger charge is -2.17. The summed E-state index contributed by atoms with van der Waals surface area (Å²) in [5.41, 5.74) is 0.294. The average Bonchev–Trinajstić information content (AvgIpc) is 2.55. The third-order valence-electron chi connectivity index (χ3n) is 3.40. The Balaban J connectivity index is 1.74. The van der Waals surface area contributed by atoms with Crippen LogP contribution in [-0.4, -0.2) is 24.5 Å². The van der Waals surface area contributed by atoms with E-state index in [0.717, 1.165) is 11.8 Å². The summed E-state index contributed by atoms with van der Waals surface area (Å²) in [7, 11) is 1.60. The molecule has 2 rings (SSSR count). The maximum atomic E-state index is 13.6. The third kappa shape index (κ3) is 5.36. The van der Waals surface area contributed by atoms with Crippen LogP contribution in [0.3, 0.4) is 0 Å². The van der Waals surface area contributed by atoms with Crippen LogP contribution in [0.15, 0.2) is 48.5 Å². The topological polar surface area (TPSA) is 29.5 Å². The molecule has 23 heavy (non-hydrogen) atoms. The first-order valence-electron chi connectivity index (χ1n) is 7.42. The zero-order valence-electron chi connectivity index (χ0n) is 13.0. The van der Waals surface area contributed by atoms with Gasteiger partial charge in [0.15, 0.2) is 0 Å². The van der Waals surface area contributed by atoms with Crippen LogP contribution in [-0.2, 0) is 11.3 Å². The number of halogens is 2. The summed E-state index contributed by atoms with van der Waals surface area (Å²) in [6, 6.07) is 12.7. The average molecular weight is 319 g/mol. The Morgan fingerprint density at radius 3 is 2.57 bits per heavy atom. The van der Waals surface area contributed by atoms with Gasteiger partial charge in [-0.05, 0) is 24.6 Å². The summed E-state index contributed by atoms with van der Waals surface area (Å²) < 4.78 is 31.9. The smallest absolute Gasteiger partial charge is 0.222 e. The van der Waals surface area contributed by atoms with Gasteiger partial charge in [0.25, 0.3) is 0 Å². The van der Waals surface area contributed by atoms with Crippen LogP contribution < -0.4 is 4.74 Å². The van der Waals surface area contributed by atoms with E-state index in [1.54, 1.807) is 7.05 Å². The maximum Gasteiger partial charge on any atom is 0.222 e. The highest BCUT2D eigenvalue weighted by atomic mass is 19.1. The normalized spacial score (nSPS) is 10.4. The predicted molar refractivity (Wildman–Crippen MR) is 84.0 cm³/mol. The molecule has 0 aliphatic heterocycles. The second-order valence-electron chi connectivity index (χ2n) is 5.25. The number of ether oxygens (including phenoxy) is 1. The van der Waals surface area contributed by atoms with E-state index >= 15 is 0 Å². The van der Waals surface area contributed by atoms with Gasteiger partial charge in [0.1, 0.15) is 17.4 Å². The number of hydrogen-bond donors (Lipinski definition) is 0. The molecular formula is C18H19F2NO2. The largest absolute Gasteiger partial charge is 0.494 e. The monoisotopic (exact) mass is 319 g/mol. The fraction of sp³-hybridized carbons (Fsp3) is 0.278. The van der Waals surface area contributed by atoms with Crippen molar-refractivity contribution in [3.05, 3.63) is 65.7 Å². The van der Waals surface area contributed by atoms with E-state index < -0.39 is 11.6 Å². The van der Waals surface area contributed by atoms with Gasteiger partial charge in [0.05, 0.1) is 6.61 Å². The van der Waals surface area contributed by atoms with Crippen LogP contribution in [0.4, 0.5) is 8.78 Å². The molecule has 0 saturated heterocycles. The van der Waals surface area contributed by atoms with Crippen LogP contribution in [0, 0.1) is 11.6 Å². The Morgan fingerprint density at radius 1 is 1.13 bits per heavy atom. The summed E-state index contributed by atoms with van der Waals surface area (Å²) >= 11 is 0. The molecule has 0 fully saturated rings. The fourth-order valence-electron chi connectivity index (χ4n) is 2.11. The van der Waals surface area contributed by atoms with E-state index in [2.05, 4.69) is 0 Å². The SMILES string of the molecule is CN(Cc1ccc(F)cc1F)C(=O)CCCOc1ccccc1. The lowest BCUT2D eigenvalue weighted by molar-refractivity contribution is -0.130. The minimum absolute atomic E-state index is 0.106. The molecule has 2 aromatic rings. The molecule has 3 nitrogen and oxygen atoms in total. The standard InChI is InChI=1S/C18H19F2NO2/c1-21(13-14-9-10-15(19)12-17(14)20)18(22)8-5-11-23-16-6-3-2-4-7-16/h2-4,6-7,9-10,12H,5,8,11,13H2,1H3. The van der Waals surface area contributed by atoms with E-state index in [9.17, 15) is 13.6 Å². The summed E-state index contributed by atoms with van der Waals surface area (Å²) in [5, 5.41) is 0. The van der Waals surface area contributed by atoms with Gasteiger partial charge >= 0.3 is 0 Å². The minimum atomic E-state index is -0.642. The third-order valence-corrected chi connectivity index (χ3v) is 3.40. The fourth-order valence-corrected chi connectivity index (χ4v) is 2.11. The molecule has 0 aliphatic carbocycles. The molecule has 1 amide bonds. The van der Waals surface area contributed by atoms with Gasteiger partial charge in [0.2, 0.25) is 5.91 Å². The molecule has 0 bridgehead atoms. The highest BCUT2D eigenvalue weighted by molar-refractivity contribution is 5.75. The highest BCUT2D eigenvalue weighted by Gasteiger charge is 2.12. The molecule has 2 aromatic carbocycles. The zero-order valence-corrected chi connectivity index (χ0v) is 13.0. The van der Waals surface area contributed by atoms with E-state index in [1.165, 1.54) is 17.0 Å². The van der Waals surface area contributed by atoms with Gasteiger partial charge in [-0.2, -0.15) is 0 Å². The first-order valence-corrected chi connectivity index (χ1v) is 7.42. The first-order chi connectivity index (χ1) is 11.1. The van der Waals surface area contributed by atoms with Gasteiger partial charge < -0.3 is 9.64 Å². The van der Waals surface area contributed by atoms with Crippen LogP contribution in [0.25, 0.3) is 0 Å². The summed E-state index contributed by atoms with van der Waals surface area (Å²) in [5.74, 6) is -0.609. The molecule has 5 heteroatoms. The number of carbonyl (C=O) groups excluding carboxylic acids is 1. The lowest BCUT2D eigenvalue weighted by atomic mass is 10.2. The molecule has 0 spiro atoms. The van der Waals surface area contributed by atoms with Crippen molar-refractivity contribution in [3.63, 3.8) is 0 Å². The second-order valence-corrected chi connectivity index (χ2v) is 5.25. The quantitative estimate of drug-likeness (QED) is 0.727. The van der Waals surface area contributed by atoms with Crippen LogP contribution in [0.1, 0.15) is 18.4 Å². The second kappa shape index (κ2) is 8.27. The van der Waals surface area contributed by atoms with Gasteiger partial charge in [-0.25, -0.2) is 8.78 Å². The minimum Gasteiger partial charge on any atom is -0.494 e. The van der Waals surface area contributed by atoms with E-state index in [0.29, 0.717) is 25.0 Å². The van der Waals surface area contributed by atoms with Crippen molar-refractivity contribution in [1.82, 2.24) is 4.90 Å². The first kappa shape index (κ1) is 16.9. The zero-order chi connectivity index (χ0) is 16.7. The lowest BCUT2D eigenvalue weighted by Crippen LogP contribution is -2.26. The van der Waals surface area contributed by atoms with Crippen molar-refractivity contribution in [3.8, 4) is 5.75 Å². The molecule has 0 aliphatic rings. The number of para-hydroxylation sites is 1. The van der Waals surface area contributed by atoms with Crippen molar-refractivity contribution in [2.45, 2.75) is 19.4 Å². The molecule has 0 unspecified atom stereocenters. The van der Waals surface area contributed by atoms with Crippen molar-refractivity contribution < 1.29 is 18.3 Å². The molecule has 0 aromatic heterocycles. The maximum absolute atomic E-state index is 13.6. The Labute approximate surface area is 134 Å². The number of benzene rings is 2. The van der Waals surface area contributed by atoms with Crippen molar-refractivity contribution >= 4 is 5.91 Å². The van der Waals surface area contributed by atoms with Gasteiger partial charge in [-0.15, -0.1) is 0 Å². The number of amides is 1. The van der Waals surface area contributed by atoms with E-state index in [-0.39, 0.29) is 12.5 Å². The Bertz CT molecular complexity index is 647. The van der Waals surface area contributed by atoms with Crippen molar-refractivity contribution in [2.24, 2.45) is 0 Å². The highest BCUT2D eigenvalue weighted by Crippen LogP contribution is 2.13. The molecule has 0 N–H and O–H groups in total. The molecule has 0 heterocycles. The number of rotatable bonds is 7. The summed E-state index contributed by atoms with van der Waals surface area (Å²) in [4.78, 5) is 13.4. The summed E-state index contributed by atoms with van der Waals surface area (Å²) in [6.07, 6.45) is 0.885. The Kier molecular flexibility index (Phi) is 6.09. The van der Waals surface area contributed by atoms with Gasteiger partial charge in [-0.3, -0.25) is 4.79 Å². The molecule has 0 atom stereocenters. The number of nitrogens with zero attached hydrogens (tertiary/aromatic N) is 1. The van der Waals surface area contributed by atoms with E-state index in [4.69, 9.17) is 4.74 Å². The van der Waals surface area contributed by atoms with Crippen molar-refractivity contribution in [1.29, 1.82) is 0 Å². The molecule has 122 valence electrons. The molecular weight excluding hydrogens is 300 g/mol. The van der Waals surface area contributed by atoms with E-state index in [1.807, 2.05) is 30.3 Å². The van der Waals surface area contributed by atoms with Crippen LogP contribution in [0.5, 0.6) is 5.75 Å². The number of hydrogen-bond acceptors (Lipinski definition) is 2. The Morgan fingerprint density at radius 2 is 1.87 bits per heavy atom. The number of carbonyl (C=O) groups is 1.